The Balaban J connectivity index is 1.60. The standard InChI is InChI=1S/C53H65Cl6NO16/c1-14-15-16-17-26(4)43(62)75-41-37-30-24-70-33(30)22-35(72-45(64)52(54,55)56)50(37,11)40(61)39(74-46(65)53(57,58)59)36-27(5)34(23-51(41,67)49(36,9)10)71-44(63)38-31(20-25(2)3)60(47(66)76-48(6,7)8)42(73-38)29-19-18-28(68-12)21-32(29)69-13/h14-19,21,25,30-31,33-35,37-39,41-42,67H,1,20,22-24H2,2-13H3/b16-15-,26-17+/t30-,31+,33-,34+,35+,37+,38-,39-,41+,42?,50-,51-/m1/s1. The van der Waals surface area contributed by atoms with Crippen LogP contribution in [0.4, 0.5) is 4.79 Å². The highest BCUT2D eigenvalue weighted by Crippen LogP contribution is 2.63. The summed E-state index contributed by atoms with van der Waals surface area (Å²) in [6, 6.07) is 3.80. The largest absolute Gasteiger partial charge is 0.497 e. The molecule has 2 heterocycles. The SMILES string of the molecule is C=C/C=C\C=C(/C)C(=O)O[C@H]1[C@@H]2[C@@H]3CO[C@@H]3C[C@H](OC(=O)C(Cl)(Cl)Cl)[C@@]2(C)C(=O)[C@H](OC(=O)C(Cl)(Cl)Cl)C2=C(C)[C@@H](OC(=O)[C@@H]3OC(c4ccc(OC)cc4OC)N(C(=O)OC(C)(C)C)[C@H]3CC(C)C)C[C@]1(O)C2(C)C. The van der Waals surface area contributed by atoms with Crippen molar-refractivity contribution in [2.45, 2.75) is 156 Å². The maximum absolute atomic E-state index is 16.1. The number of methoxy groups -OCH3 is 2. The van der Waals surface area contributed by atoms with E-state index < -0.39 is 133 Å². The molecule has 1 unspecified atom stereocenters. The van der Waals surface area contributed by atoms with Crippen LogP contribution >= 0.6 is 69.6 Å². The van der Waals surface area contributed by atoms with Crippen molar-refractivity contribution in [2.24, 2.45) is 28.6 Å². The molecule has 4 fully saturated rings. The first-order valence-corrected chi connectivity index (χ1v) is 26.8. The summed E-state index contributed by atoms with van der Waals surface area (Å²) in [6.45, 7) is 19.9. The molecule has 0 aromatic heterocycles. The Labute approximate surface area is 472 Å². The van der Waals surface area contributed by atoms with Crippen LogP contribution in [0.2, 0.25) is 0 Å². The third-order valence-electron chi connectivity index (χ3n) is 15.1. The molecule has 12 atom stereocenters. The number of fused-ring (bicyclic) bond motifs is 5. The second kappa shape index (κ2) is 22.8. The molecule has 17 nitrogen and oxygen atoms in total. The number of allylic oxidation sites excluding steroid dienone is 4. The number of nitrogens with zero attached hydrogens (tertiary/aromatic N) is 1. The molecule has 5 aliphatic rings. The summed E-state index contributed by atoms with van der Waals surface area (Å²) < 4.78 is 49.2. The normalized spacial score (nSPS) is 31.5. The van der Waals surface area contributed by atoms with Crippen molar-refractivity contribution in [2.75, 3.05) is 20.8 Å². The average Bonchev–Trinajstić information content (AvgIpc) is 3.67. The molecule has 2 bridgehead atoms. The molecule has 0 radical (unpaired) electrons. The third-order valence-corrected chi connectivity index (χ3v) is 16.0. The summed E-state index contributed by atoms with van der Waals surface area (Å²) in [5.74, 6) is -7.38. The fourth-order valence-corrected chi connectivity index (χ4v) is 11.5. The van der Waals surface area contributed by atoms with Gasteiger partial charge in [-0.25, -0.2) is 24.0 Å². The van der Waals surface area contributed by atoms with E-state index in [-0.39, 0.29) is 47.8 Å². The second-order valence-electron chi connectivity index (χ2n) is 21.8. The highest BCUT2D eigenvalue weighted by atomic mass is 35.6. The Morgan fingerprint density at radius 1 is 0.934 bits per heavy atom. The van der Waals surface area contributed by atoms with Crippen molar-refractivity contribution in [1.82, 2.24) is 4.90 Å². The zero-order valence-electron chi connectivity index (χ0n) is 44.2. The number of Topliss-reactive ketones (excluding diaryl/α,β-unsaturated/α-hetero) is 1. The summed E-state index contributed by atoms with van der Waals surface area (Å²) >= 11 is 36.5. The predicted octanol–water partition coefficient (Wildman–Crippen LogP) is 9.93. The van der Waals surface area contributed by atoms with Crippen LogP contribution in [0.25, 0.3) is 0 Å². The van der Waals surface area contributed by atoms with E-state index in [0.29, 0.717) is 11.3 Å². The van der Waals surface area contributed by atoms with Crippen LogP contribution in [0.5, 0.6) is 11.5 Å². The smallest absolute Gasteiger partial charge is 0.413 e. The van der Waals surface area contributed by atoms with Crippen molar-refractivity contribution in [3.8, 4) is 11.5 Å². The van der Waals surface area contributed by atoms with Gasteiger partial charge in [-0.3, -0.25) is 9.69 Å². The summed E-state index contributed by atoms with van der Waals surface area (Å²) in [5.41, 5.74) is -6.97. The molecule has 2 aliphatic heterocycles. The van der Waals surface area contributed by atoms with E-state index in [1.807, 2.05) is 13.8 Å². The summed E-state index contributed by atoms with van der Waals surface area (Å²) in [6.07, 6.45) is -5.92. The minimum absolute atomic E-state index is 0.0475. The third kappa shape index (κ3) is 11.9. The molecule has 1 aromatic rings. The van der Waals surface area contributed by atoms with Crippen LogP contribution in [-0.4, -0.2) is 128 Å². The van der Waals surface area contributed by atoms with E-state index >= 15 is 9.59 Å². The Kier molecular flexibility index (Phi) is 18.4. The number of alkyl halides is 6. The van der Waals surface area contributed by atoms with Crippen molar-refractivity contribution in [3.05, 3.63) is 71.4 Å². The Morgan fingerprint density at radius 2 is 1.57 bits per heavy atom. The molecule has 76 heavy (non-hydrogen) atoms. The Morgan fingerprint density at radius 3 is 2.11 bits per heavy atom. The van der Waals surface area contributed by atoms with Crippen molar-refractivity contribution in [1.29, 1.82) is 0 Å². The maximum Gasteiger partial charge on any atom is 0.413 e. The molecule has 3 aliphatic carbocycles. The summed E-state index contributed by atoms with van der Waals surface area (Å²) in [4.78, 5) is 89.2. The van der Waals surface area contributed by atoms with Crippen LogP contribution in [0.15, 0.2) is 65.8 Å². The lowest BCUT2D eigenvalue weighted by atomic mass is 9.45. The predicted molar refractivity (Wildman–Crippen MR) is 282 cm³/mol. The van der Waals surface area contributed by atoms with Crippen molar-refractivity contribution in [3.63, 3.8) is 0 Å². The van der Waals surface area contributed by atoms with Gasteiger partial charge in [0.15, 0.2) is 24.2 Å². The fourth-order valence-electron chi connectivity index (χ4n) is 11.3. The molecule has 1 N–H and O–H groups in total. The van der Waals surface area contributed by atoms with Crippen LogP contribution in [0.1, 0.15) is 100 Å². The van der Waals surface area contributed by atoms with Crippen molar-refractivity contribution < 1.29 is 76.5 Å². The second-order valence-corrected chi connectivity index (χ2v) is 26.4. The molecule has 1 aromatic carbocycles. The number of halogens is 6. The zero-order chi connectivity index (χ0) is 57.0. The topological polar surface area (TPSA) is 209 Å². The van der Waals surface area contributed by atoms with E-state index in [1.54, 1.807) is 45.0 Å². The number of ether oxygens (including phenoxy) is 9. The number of aliphatic hydroxyl groups is 1. The number of hydrogen-bond acceptors (Lipinski definition) is 16. The number of amides is 1. The highest BCUT2D eigenvalue weighted by molar-refractivity contribution is 6.76. The number of esters is 4. The van der Waals surface area contributed by atoms with E-state index in [4.69, 9.17) is 112 Å². The van der Waals surface area contributed by atoms with Gasteiger partial charge < -0.3 is 47.7 Å². The number of ketones is 1. The minimum Gasteiger partial charge on any atom is -0.497 e. The first kappa shape index (κ1) is 61.4. The number of rotatable bonds is 13. The minimum atomic E-state index is -2.78. The van der Waals surface area contributed by atoms with Gasteiger partial charge >= 0.3 is 30.0 Å². The van der Waals surface area contributed by atoms with Gasteiger partial charge in [0.05, 0.1) is 38.4 Å². The zero-order valence-corrected chi connectivity index (χ0v) is 48.7. The molecule has 23 heteroatoms. The summed E-state index contributed by atoms with van der Waals surface area (Å²) in [7, 11) is 2.90. The van der Waals surface area contributed by atoms with E-state index in [2.05, 4.69) is 6.58 Å². The van der Waals surface area contributed by atoms with E-state index in [1.165, 1.54) is 72.0 Å². The van der Waals surface area contributed by atoms with Crippen molar-refractivity contribution >= 4 is 105 Å². The monoisotopic (exact) mass is 1180 g/mol. The molecule has 1 amide bonds. The average molecular weight is 1180 g/mol. The molecule has 0 spiro atoms. The molecule has 6 rings (SSSR count). The molecule has 420 valence electrons. The van der Waals surface area contributed by atoms with Crippen LogP contribution in [0, 0.1) is 28.6 Å². The van der Waals surface area contributed by atoms with Crippen LogP contribution in [0.3, 0.4) is 0 Å². The van der Waals surface area contributed by atoms with Gasteiger partial charge in [-0.15, -0.1) is 0 Å². The lowest BCUT2D eigenvalue weighted by Crippen LogP contribution is -2.75. The molecular formula is C53H65Cl6NO16. The molecular weight excluding hydrogens is 1120 g/mol. The van der Waals surface area contributed by atoms with Gasteiger partial charge in [-0.05, 0) is 77.2 Å². The van der Waals surface area contributed by atoms with Gasteiger partial charge in [-0.1, -0.05) is 128 Å². The Hall–Kier alpha value is -3.78. The quantitative estimate of drug-likeness (QED) is 0.0487. The highest BCUT2D eigenvalue weighted by Gasteiger charge is 2.74. The number of hydrogen-bond donors (Lipinski definition) is 1. The molecule has 2 saturated heterocycles. The van der Waals surface area contributed by atoms with Gasteiger partial charge in [0.2, 0.25) is 0 Å². The summed E-state index contributed by atoms with van der Waals surface area (Å²) in [5, 5.41) is 14.1. The fraction of sp³-hybridized carbons (Fsp3) is 0.623. The van der Waals surface area contributed by atoms with Gasteiger partial charge in [0.25, 0.3) is 7.59 Å². The first-order valence-electron chi connectivity index (χ1n) is 24.5. The van der Waals surface area contributed by atoms with E-state index in [9.17, 15) is 24.3 Å². The maximum atomic E-state index is 16.1. The van der Waals surface area contributed by atoms with Gasteiger partial charge in [0, 0.05) is 47.3 Å². The number of benzene rings is 1. The van der Waals surface area contributed by atoms with Crippen LogP contribution in [-0.2, 0) is 57.1 Å². The Bertz CT molecular complexity index is 2560. The number of carbonyl (C=O) groups excluding carboxylic acids is 6. The lowest BCUT2D eigenvalue weighted by Gasteiger charge is -2.64. The van der Waals surface area contributed by atoms with Crippen LogP contribution < -0.4 is 9.47 Å². The lowest BCUT2D eigenvalue weighted by molar-refractivity contribution is -0.283. The molecule has 2 saturated carbocycles. The first-order chi connectivity index (χ1) is 35.1. The van der Waals surface area contributed by atoms with Gasteiger partial charge in [-0.2, -0.15) is 0 Å². The van der Waals surface area contributed by atoms with Gasteiger partial charge in [0.1, 0.15) is 41.0 Å². The number of carbonyl (C=O) groups is 6. The van der Waals surface area contributed by atoms with E-state index in [0.717, 1.165) is 0 Å².